The van der Waals surface area contributed by atoms with Crippen LogP contribution in [0.3, 0.4) is 0 Å². The molecule has 2 rings (SSSR count). The van der Waals surface area contributed by atoms with Crippen LogP contribution < -0.4 is 0 Å². The van der Waals surface area contributed by atoms with Crippen LogP contribution in [-0.4, -0.2) is 50.0 Å². The van der Waals surface area contributed by atoms with Crippen molar-refractivity contribution < 1.29 is 9.47 Å². The Hall–Kier alpha value is -0.120. The van der Waals surface area contributed by atoms with E-state index in [-0.39, 0.29) is 5.60 Å². The van der Waals surface area contributed by atoms with Gasteiger partial charge in [0.05, 0.1) is 18.3 Å². The fourth-order valence-corrected chi connectivity index (χ4v) is 1.87. The normalized spacial score (nSPS) is 33.2. The minimum atomic E-state index is 0.126. The molecular weight excluding hydrogens is 166 g/mol. The Balaban J connectivity index is 1.74. The molecule has 3 heteroatoms. The highest BCUT2D eigenvalue weighted by atomic mass is 16.6. The molecule has 0 aromatic heterocycles. The molecule has 3 nitrogen and oxygen atoms in total. The quantitative estimate of drug-likeness (QED) is 0.610. The predicted molar refractivity (Wildman–Crippen MR) is 50.8 cm³/mol. The highest BCUT2D eigenvalue weighted by Crippen LogP contribution is 2.25. The maximum absolute atomic E-state index is 5.49. The average molecular weight is 185 g/mol. The van der Waals surface area contributed by atoms with Crippen LogP contribution in [0.2, 0.25) is 0 Å². The molecule has 0 aliphatic carbocycles. The van der Waals surface area contributed by atoms with Gasteiger partial charge in [-0.15, -0.1) is 0 Å². The first kappa shape index (κ1) is 9.44. The van der Waals surface area contributed by atoms with E-state index in [4.69, 9.17) is 9.47 Å². The van der Waals surface area contributed by atoms with Gasteiger partial charge in [-0.3, -0.25) is 0 Å². The fraction of sp³-hybridized carbons (Fsp3) is 1.00. The first-order valence-electron chi connectivity index (χ1n) is 5.11. The van der Waals surface area contributed by atoms with Crippen LogP contribution in [0.25, 0.3) is 0 Å². The highest BCUT2D eigenvalue weighted by molar-refractivity contribution is 4.85. The van der Waals surface area contributed by atoms with E-state index in [9.17, 15) is 0 Å². The molecule has 0 radical (unpaired) electrons. The standard InChI is InChI=1S/C10H19NO2/c1-10(12-2)3-5-11(6-4-10)7-9-8-13-9/h9H,3-8H2,1-2H3/t9-/m0/s1. The zero-order valence-electron chi connectivity index (χ0n) is 8.58. The molecule has 0 spiro atoms. The molecule has 2 aliphatic heterocycles. The Morgan fingerprint density at radius 3 is 2.54 bits per heavy atom. The monoisotopic (exact) mass is 185 g/mol. The summed E-state index contributed by atoms with van der Waals surface area (Å²) in [7, 11) is 1.82. The van der Waals surface area contributed by atoms with Gasteiger partial charge in [-0.2, -0.15) is 0 Å². The SMILES string of the molecule is COC1(C)CCN(C[C@H]2CO2)CC1. The molecule has 2 heterocycles. The van der Waals surface area contributed by atoms with Crippen molar-refractivity contribution in [2.45, 2.75) is 31.5 Å². The third-order valence-corrected chi connectivity index (χ3v) is 3.27. The summed E-state index contributed by atoms with van der Waals surface area (Å²) in [4.78, 5) is 2.48. The summed E-state index contributed by atoms with van der Waals surface area (Å²) in [6.07, 6.45) is 2.83. The van der Waals surface area contributed by atoms with Crippen LogP contribution in [0, 0.1) is 0 Å². The Labute approximate surface area is 80.0 Å². The van der Waals surface area contributed by atoms with E-state index < -0.39 is 0 Å². The van der Waals surface area contributed by atoms with Gasteiger partial charge in [0.2, 0.25) is 0 Å². The van der Waals surface area contributed by atoms with Crippen LogP contribution in [0.4, 0.5) is 0 Å². The molecule has 0 amide bonds. The van der Waals surface area contributed by atoms with E-state index in [0.717, 1.165) is 39.1 Å². The van der Waals surface area contributed by atoms with Crippen molar-refractivity contribution in [2.24, 2.45) is 0 Å². The lowest BCUT2D eigenvalue weighted by Crippen LogP contribution is -2.44. The summed E-state index contributed by atoms with van der Waals surface area (Å²) in [6, 6.07) is 0. The Kier molecular flexibility index (Phi) is 2.58. The van der Waals surface area contributed by atoms with E-state index in [1.165, 1.54) is 0 Å². The van der Waals surface area contributed by atoms with E-state index in [0.29, 0.717) is 6.10 Å². The van der Waals surface area contributed by atoms with Gasteiger partial charge in [0.1, 0.15) is 0 Å². The topological polar surface area (TPSA) is 25.0 Å². The Morgan fingerprint density at radius 1 is 1.46 bits per heavy atom. The molecule has 2 saturated heterocycles. The lowest BCUT2D eigenvalue weighted by molar-refractivity contribution is -0.0433. The molecule has 13 heavy (non-hydrogen) atoms. The third kappa shape index (κ3) is 2.42. The molecule has 0 bridgehead atoms. The number of hydrogen-bond acceptors (Lipinski definition) is 3. The van der Waals surface area contributed by atoms with E-state index in [1.54, 1.807) is 0 Å². The van der Waals surface area contributed by atoms with Crippen molar-refractivity contribution in [3.63, 3.8) is 0 Å². The van der Waals surface area contributed by atoms with Crippen molar-refractivity contribution in [1.29, 1.82) is 0 Å². The van der Waals surface area contributed by atoms with Crippen LogP contribution >= 0.6 is 0 Å². The second kappa shape index (κ2) is 3.56. The minimum Gasteiger partial charge on any atom is -0.378 e. The molecule has 76 valence electrons. The molecule has 2 aliphatic rings. The number of likely N-dealkylation sites (tertiary alicyclic amines) is 1. The predicted octanol–water partition coefficient (Wildman–Crippen LogP) is 0.886. The van der Waals surface area contributed by atoms with Gasteiger partial charge in [0.15, 0.2) is 0 Å². The number of rotatable bonds is 3. The van der Waals surface area contributed by atoms with Crippen molar-refractivity contribution in [3.8, 4) is 0 Å². The minimum absolute atomic E-state index is 0.126. The summed E-state index contributed by atoms with van der Waals surface area (Å²) in [5.74, 6) is 0. The molecular formula is C10H19NO2. The lowest BCUT2D eigenvalue weighted by atomic mass is 9.93. The number of methoxy groups -OCH3 is 1. The van der Waals surface area contributed by atoms with E-state index in [2.05, 4.69) is 11.8 Å². The summed E-state index contributed by atoms with van der Waals surface area (Å²) in [6.45, 7) is 6.62. The summed E-state index contributed by atoms with van der Waals surface area (Å²) < 4.78 is 10.7. The highest BCUT2D eigenvalue weighted by Gasteiger charge is 2.32. The van der Waals surface area contributed by atoms with Crippen molar-refractivity contribution in [3.05, 3.63) is 0 Å². The van der Waals surface area contributed by atoms with Gasteiger partial charge < -0.3 is 14.4 Å². The largest absolute Gasteiger partial charge is 0.378 e. The molecule has 0 saturated carbocycles. The maximum Gasteiger partial charge on any atom is 0.0936 e. The lowest BCUT2D eigenvalue weighted by Gasteiger charge is -2.38. The second-order valence-corrected chi connectivity index (χ2v) is 4.41. The van der Waals surface area contributed by atoms with Gasteiger partial charge in [0, 0.05) is 26.7 Å². The summed E-state index contributed by atoms with van der Waals surface area (Å²) in [5.41, 5.74) is 0.126. The average Bonchev–Trinajstić information content (AvgIpc) is 2.93. The molecule has 0 N–H and O–H groups in total. The van der Waals surface area contributed by atoms with Crippen LogP contribution in [-0.2, 0) is 9.47 Å². The number of nitrogens with zero attached hydrogens (tertiary/aromatic N) is 1. The Bertz CT molecular complexity index is 172. The zero-order chi connectivity index (χ0) is 9.31. The van der Waals surface area contributed by atoms with Gasteiger partial charge in [0.25, 0.3) is 0 Å². The fourth-order valence-electron chi connectivity index (χ4n) is 1.87. The summed E-state index contributed by atoms with van der Waals surface area (Å²) in [5, 5.41) is 0. The van der Waals surface area contributed by atoms with E-state index in [1.807, 2.05) is 7.11 Å². The van der Waals surface area contributed by atoms with Crippen LogP contribution in [0.5, 0.6) is 0 Å². The first-order valence-corrected chi connectivity index (χ1v) is 5.11. The zero-order valence-corrected chi connectivity index (χ0v) is 8.58. The molecule has 2 fully saturated rings. The second-order valence-electron chi connectivity index (χ2n) is 4.41. The van der Waals surface area contributed by atoms with Crippen molar-refractivity contribution >= 4 is 0 Å². The van der Waals surface area contributed by atoms with Gasteiger partial charge in [-0.1, -0.05) is 0 Å². The summed E-state index contributed by atoms with van der Waals surface area (Å²) >= 11 is 0. The van der Waals surface area contributed by atoms with Crippen molar-refractivity contribution in [2.75, 3.05) is 33.4 Å². The number of hydrogen-bond donors (Lipinski definition) is 0. The van der Waals surface area contributed by atoms with Crippen molar-refractivity contribution in [1.82, 2.24) is 4.90 Å². The van der Waals surface area contributed by atoms with Crippen LogP contribution in [0.1, 0.15) is 19.8 Å². The maximum atomic E-state index is 5.49. The van der Waals surface area contributed by atoms with Gasteiger partial charge >= 0.3 is 0 Å². The van der Waals surface area contributed by atoms with Gasteiger partial charge in [-0.05, 0) is 19.8 Å². The molecule has 0 unspecified atom stereocenters. The van der Waals surface area contributed by atoms with Crippen LogP contribution in [0.15, 0.2) is 0 Å². The first-order chi connectivity index (χ1) is 6.22. The van der Waals surface area contributed by atoms with E-state index >= 15 is 0 Å². The molecule has 1 atom stereocenters. The number of epoxide rings is 1. The third-order valence-electron chi connectivity index (χ3n) is 3.27. The molecule has 0 aromatic carbocycles. The number of ether oxygens (including phenoxy) is 2. The van der Waals surface area contributed by atoms with Gasteiger partial charge in [-0.25, -0.2) is 0 Å². The molecule has 0 aromatic rings. The Morgan fingerprint density at radius 2 is 2.08 bits per heavy atom. The smallest absolute Gasteiger partial charge is 0.0936 e. The number of piperidine rings is 1.